The van der Waals surface area contributed by atoms with Crippen molar-refractivity contribution in [3.05, 3.63) is 48.4 Å². The van der Waals surface area contributed by atoms with Gasteiger partial charge in [0, 0.05) is 24.4 Å². The van der Waals surface area contributed by atoms with Crippen LogP contribution in [0.3, 0.4) is 0 Å². The van der Waals surface area contributed by atoms with Crippen molar-refractivity contribution in [3.63, 3.8) is 0 Å². The maximum atomic E-state index is 5.98. The van der Waals surface area contributed by atoms with Gasteiger partial charge < -0.3 is 20.5 Å². The number of fused-ring (bicyclic) bond motifs is 2. The van der Waals surface area contributed by atoms with Crippen LogP contribution in [0.25, 0.3) is 5.65 Å². The van der Waals surface area contributed by atoms with Crippen LogP contribution in [-0.2, 0) is 6.54 Å². The van der Waals surface area contributed by atoms with Gasteiger partial charge in [-0.3, -0.25) is 4.40 Å². The van der Waals surface area contributed by atoms with E-state index in [9.17, 15) is 0 Å². The lowest BCUT2D eigenvalue weighted by atomic mass is 10.3. The van der Waals surface area contributed by atoms with Crippen LogP contribution in [0.2, 0.25) is 0 Å². The highest BCUT2D eigenvalue weighted by atomic mass is 16.5. The molecule has 1 aliphatic heterocycles. The van der Waals surface area contributed by atoms with Gasteiger partial charge in [-0.05, 0) is 24.3 Å². The van der Waals surface area contributed by atoms with E-state index in [1.807, 2.05) is 47.0 Å². The number of guanidine groups is 1. The summed E-state index contributed by atoms with van der Waals surface area (Å²) < 4.78 is 13.2. The summed E-state index contributed by atoms with van der Waals surface area (Å²) in [5, 5.41) is 11.3. The zero-order chi connectivity index (χ0) is 17.1. The molecule has 8 heteroatoms. The Kier molecular flexibility index (Phi) is 4.07. The Hall–Kier alpha value is -3.29. The molecule has 0 spiro atoms. The van der Waals surface area contributed by atoms with Gasteiger partial charge >= 0.3 is 0 Å². The topological polar surface area (TPSA) is 99.1 Å². The van der Waals surface area contributed by atoms with Gasteiger partial charge in [0.2, 0.25) is 0 Å². The Balaban J connectivity index is 1.47. The maximum Gasteiger partial charge on any atom is 0.193 e. The van der Waals surface area contributed by atoms with Gasteiger partial charge in [-0.25, -0.2) is 4.99 Å². The van der Waals surface area contributed by atoms with Crippen molar-refractivity contribution in [2.45, 2.75) is 13.0 Å². The minimum Gasteiger partial charge on any atom is -0.490 e. The summed E-state index contributed by atoms with van der Waals surface area (Å²) in [6.07, 6.45) is 2.76. The summed E-state index contributed by atoms with van der Waals surface area (Å²) in [4.78, 5) is 4.33. The molecule has 3 heterocycles. The summed E-state index contributed by atoms with van der Waals surface area (Å²) in [5.74, 6) is 2.47. The highest BCUT2D eigenvalue weighted by molar-refractivity contribution is 5.92. The van der Waals surface area contributed by atoms with E-state index < -0.39 is 0 Å². The molecule has 0 radical (unpaired) electrons. The molecule has 0 unspecified atom stereocenters. The van der Waals surface area contributed by atoms with E-state index in [1.54, 1.807) is 0 Å². The summed E-state index contributed by atoms with van der Waals surface area (Å²) >= 11 is 0. The molecule has 0 amide bonds. The molecule has 0 fully saturated rings. The van der Waals surface area contributed by atoms with Gasteiger partial charge in [-0.15, -0.1) is 10.2 Å². The minimum atomic E-state index is 0.294. The zero-order valence-corrected chi connectivity index (χ0v) is 13.6. The first-order valence-corrected chi connectivity index (χ1v) is 8.05. The summed E-state index contributed by atoms with van der Waals surface area (Å²) in [6, 6.07) is 11.3. The lowest BCUT2D eigenvalue weighted by Crippen LogP contribution is -2.22. The number of pyridine rings is 1. The van der Waals surface area contributed by atoms with E-state index in [0.717, 1.165) is 29.3 Å². The van der Waals surface area contributed by atoms with Crippen LogP contribution in [0.4, 0.5) is 5.69 Å². The lowest BCUT2D eigenvalue weighted by Gasteiger charge is -2.10. The predicted octanol–water partition coefficient (Wildman–Crippen LogP) is 1.82. The number of aromatic nitrogens is 3. The molecule has 0 saturated carbocycles. The van der Waals surface area contributed by atoms with E-state index in [1.165, 1.54) is 0 Å². The van der Waals surface area contributed by atoms with Crippen LogP contribution >= 0.6 is 0 Å². The van der Waals surface area contributed by atoms with Crippen molar-refractivity contribution >= 4 is 17.3 Å². The second kappa shape index (κ2) is 6.68. The average molecular weight is 338 g/mol. The molecule has 0 atom stereocenters. The molecule has 8 nitrogen and oxygen atoms in total. The third-order valence-electron chi connectivity index (χ3n) is 3.80. The fraction of sp³-hybridized carbons (Fsp3) is 0.235. The number of hydrogen-bond acceptors (Lipinski definition) is 5. The molecule has 3 aromatic rings. The van der Waals surface area contributed by atoms with Gasteiger partial charge in [0.1, 0.15) is 6.54 Å². The van der Waals surface area contributed by atoms with Crippen LogP contribution in [0.5, 0.6) is 11.5 Å². The van der Waals surface area contributed by atoms with Crippen molar-refractivity contribution in [1.82, 2.24) is 14.6 Å². The Morgan fingerprint density at radius 1 is 1.16 bits per heavy atom. The number of benzene rings is 1. The Morgan fingerprint density at radius 3 is 2.96 bits per heavy atom. The molecule has 4 rings (SSSR count). The van der Waals surface area contributed by atoms with Crippen LogP contribution < -0.4 is 20.5 Å². The summed E-state index contributed by atoms with van der Waals surface area (Å²) in [6.45, 7) is 1.63. The van der Waals surface area contributed by atoms with Crippen LogP contribution in [-0.4, -0.2) is 33.8 Å². The van der Waals surface area contributed by atoms with Crippen LogP contribution in [0.15, 0.2) is 47.6 Å². The highest BCUT2D eigenvalue weighted by Gasteiger charge is 2.11. The van der Waals surface area contributed by atoms with E-state index in [0.29, 0.717) is 31.5 Å². The Morgan fingerprint density at radius 2 is 2.04 bits per heavy atom. The second-order valence-electron chi connectivity index (χ2n) is 5.58. The van der Waals surface area contributed by atoms with Crippen molar-refractivity contribution in [2.75, 3.05) is 18.5 Å². The maximum absolute atomic E-state index is 5.98. The Labute approximate surface area is 144 Å². The van der Waals surface area contributed by atoms with Gasteiger partial charge in [-0.1, -0.05) is 6.07 Å². The third kappa shape index (κ3) is 3.32. The lowest BCUT2D eigenvalue weighted by molar-refractivity contribution is 0.297. The first-order valence-electron chi connectivity index (χ1n) is 8.05. The first kappa shape index (κ1) is 15.3. The predicted molar refractivity (Wildman–Crippen MR) is 94.0 cm³/mol. The molecular formula is C17H18N6O2. The van der Waals surface area contributed by atoms with Gasteiger partial charge in [-0.2, -0.15) is 0 Å². The molecule has 128 valence electrons. The average Bonchev–Trinajstić information content (AvgIpc) is 2.89. The normalized spacial score (nSPS) is 14.3. The monoisotopic (exact) mass is 338 g/mol. The van der Waals surface area contributed by atoms with E-state index in [-0.39, 0.29) is 0 Å². The number of nitrogens with one attached hydrogen (secondary N) is 1. The summed E-state index contributed by atoms with van der Waals surface area (Å²) in [5.41, 5.74) is 7.55. The zero-order valence-electron chi connectivity index (χ0n) is 13.6. The smallest absolute Gasteiger partial charge is 0.193 e. The molecule has 0 aliphatic carbocycles. The number of anilines is 1. The molecular weight excluding hydrogens is 320 g/mol. The number of aliphatic imine (C=N–C) groups is 1. The van der Waals surface area contributed by atoms with Crippen molar-refractivity contribution < 1.29 is 9.47 Å². The van der Waals surface area contributed by atoms with Gasteiger partial charge in [0.25, 0.3) is 0 Å². The van der Waals surface area contributed by atoms with Gasteiger partial charge in [0.15, 0.2) is 28.9 Å². The van der Waals surface area contributed by atoms with Crippen molar-refractivity contribution in [2.24, 2.45) is 10.7 Å². The minimum absolute atomic E-state index is 0.294. The number of rotatable bonds is 3. The molecule has 1 aromatic carbocycles. The number of ether oxygens (including phenoxy) is 2. The fourth-order valence-electron chi connectivity index (χ4n) is 2.58. The first-order chi connectivity index (χ1) is 12.3. The number of nitrogens with zero attached hydrogens (tertiary/aromatic N) is 4. The number of hydrogen-bond donors (Lipinski definition) is 2. The van der Waals surface area contributed by atoms with Crippen molar-refractivity contribution in [1.29, 1.82) is 0 Å². The molecule has 25 heavy (non-hydrogen) atoms. The quantitative estimate of drug-likeness (QED) is 0.558. The highest BCUT2D eigenvalue weighted by Crippen LogP contribution is 2.32. The molecule has 0 bridgehead atoms. The fourth-order valence-corrected chi connectivity index (χ4v) is 2.58. The SMILES string of the molecule is NC(=NCc1nnc2ccccn12)Nc1ccc2c(c1)OCCCO2. The molecule has 1 aliphatic rings. The van der Waals surface area contributed by atoms with E-state index >= 15 is 0 Å². The van der Waals surface area contributed by atoms with Crippen molar-refractivity contribution in [3.8, 4) is 11.5 Å². The molecule has 2 aromatic heterocycles. The standard InChI is InChI=1S/C17H18N6O2/c18-17(19-11-16-22-21-15-4-1-2-7-23(15)16)20-12-5-6-13-14(10-12)25-9-3-8-24-13/h1-2,4-7,10H,3,8-9,11H2,(H3,18,19,20). The van der Waals surface area contributed by atoms with Crippen LogP contribution in [0.1, 0.15) is 12.2 Å². The van der Waals surface area contributed by atoms with Gasteiger partial charge in [0.05, 0.1) is 13.2 Å². The van der Waals surface area contributed by atoms with Crippen LogP contribution in [0, 0.1) is 0 Å². The summed E-state index contributed by atoms with van der Waals surface area (Å²) in [7, 11) is 0. The van der Waals surface area contributed by atoms with E-state index in [2.05, 4.69) is 20.5 Å². The largest absolute Gasteiger partial charge is 0.490 e. The Bertz CT molecular complexity index is 920. The van der Waals surface area contributed by atoms with E-state index in [4.69, 9.17) is 15.2 Å². The second-order valence-corrected chi connectivity index (χ2v) is 5.58. The molecule has 3 N–H and O–H groups in total. The number of nitrogens with two attached hydrogens (primary N) is 1. The molecule has 0 saturated heterocycles. The third-order valence-corrected chi connectivity index (χ3v) is 3.80.